The van der Waals surface area contributed by atoms with Crippen LogP contribution in [0.1, 0.15) is 38.9 Å². The molecule has 0 fully saturated rings. The molecule has 12 aliphatic heterocycles. The summed E-state index contributed by atoms with van der Waals surface area (Å²) in [6.07, 6.45) is 0. The highest BCUT2D eigenvalue weighted by molar-refractivity contribution is 6.99. The van der Waals surface area contributed by atoms with Crippen LogP contribution in [0.25, 0.3) is 111 Å². The van der Waals surface area contributed by atoms with Gasteiger partial charge in [-0.1, -0.05) is 336 Å². The Hall–Kier alpha value is -17.4. The van der Waals surface area contributed by atoms with Gasteiger partial charge in [-0.15, -0.1) is 0 Å². The lowest BCUT2D eigenvalue weighted by molar-refractivity contribution is 1.28. The summed E-state index contributed by atoms with van der Waals surface area (Å²) in [4.78, 5) is 18.2. The van der Waals surface area contributed by atoms with E-state index in [4.69, 9.17) is 0 Å². The van der Waals surface area contributed by atoms with Crippen LogP contribution < -0.4 is 99.3 Å². The monoisotopic (exact) mass is 1850 g/mol. The van der Waals surface area contributed by atoms with E-state index in [2.05, 4.69) is 519 Å². The quantitative estimate of drug-likeness (QED) is 0.162. The van der Waals surface area contributed by atoms with Crippen LogP contribution in [-0.2, 0) is 0 Å². The summed E-state index contributed by atoms with van der Waals surface area (Å²) in [7, 11) is 0. The van der Waals surface area contributed by atoms with Crippen LogP contribution in [0.3, 0.4) is 0 Å². The molecule has 13 heteroatoms. The zero-order chi connectivity index (χ0) is 96.6. The maximum absolute atomic E-state index is 2.65. The number of hydrogen-bond acceptors (Lipinski definition) is 7. The van der Waals surface area contributed by atoms with E-state index in [1.165, 1.54) is 284 Å². The van der Waals surface area contributed by atoms with Crippen LogP contribution in [0.5, 0.6) is 0 Å². The van der Waals surface area contributed by atoms with Gasteiger partial charge in [0, 0.05) is 152 Å². The van der Waals surface area contributed by atoms with E-state index in [-0.39, 0.29) is 41.1 Å². The van der Waals surface area contributed by atoms with Crippen molar-refractivity contribution in [3.8, 4) is 111 Å². The van der Waals surface area contributed by atoms with Gasteiger partial charge < -0.3 is 33.8 Å². The zero-order valence-corrected chi connectivity index (χ0v) is 82.2. The highest BCUT2D eigenvalue weighted by Crippen LogP contribution is 2.59. The predicted molar refractivity (Wildman–Crippen MR) is 623 cm³/mol. The average Bonchev–Trinajstić information content (AvgIpc) is 0.682. The molecule has 0 radical (unpaired) electrons. The van der Waals surface area contributed by atoms with Gasteiger partial charge in [-0.2, -0.15) is 0 Å². The van der Waals surface area contributed by atoms with Crippen LogP contribution in [0.2, 0.25) is 0 Å². The van der Waals surface area contributed by atoms with E-state index in [0.29, 0.717) is 0 Å². The number of hydrogen-bond donors (Lipinski definition) is 0. The molecule has 21 aromatic rings. The normalized spacial score (nSPS) is 13.8. The summed E-state index contributed by atoms with van der Waals surface area (Å²) < 4.78 is 0. The number of para-hydroxylation sites is 4. The number of nitrogens with zero attached hydrogens (tertiary/aromatic N) is 7. The van der Waals surface area contributed by atoms with Crippen LogP contribution in [0.15, 0.2) is 437 Å². The Bertz CT molecular complexity index is 9260. The number of fused-ring (bicyclic) bond motifs is 48. The molecule has 33 rings (SSSR count). The highest BCUT2D eigenvalue weighted by atomic mass is 15.2. The first-order chi connectivity index (χ1) is 71.9. The Morgan fingerprint density at radius 1 is 0.137 bits per heavy atom. The Labute approximate surface area is 854 Å². The van der Waals surface area contributed by atoms with Crippen molar-refractivity contribution in [3.63, 3.8) is 0 Å². The molecule has 0 saturated carbocycles. The molecule has 0 saturated heterocycles. The lowest BCUT2D eigenvalue weighted by Gasteiger charge is -2.50. The third kappa shape index (κ3) is 11.7. The molecular formula is C133H93B6N7. The van der Waals surface area contributed by atoms with Crippen molar-refractivity contribution in [1.29, 1.82) is 0 Å². The van der Waals surface area contributed by atoms with Gasteiger partial charge >= 0.3 is 41.1 Å². The molecule has 678 valence electrons. The van der Waals surface area contributed by atoms with Crippen LogP contribution in [0, 0.1) is 48.5 Å². The van der Waals surface area contributed by atoms with E-state index in [1.54, 1.807) is 0 Å². The fourth-order valence-corrected chi connectivity index (χ4v) is 27.8. The fraction of sp³-hybridized carbons (Fsp3) is 0.0526. The second kappa shape index (κ2) is 31.3. The first kappa shape index (κ1) is 83.2. The van der Waals surface area contributed by atoms with Crippen LogP contribution in [0.4, 0.5) is 85.3 Å². The van der Waals surface area contributed by atoms with Gasteiger partial charge in [0.2, 0.25) is 0 Å². The predicted octanol–water partition coefficient (Wildman–Crippen LogP) is 24.8. The first-order valence-electron chi connectivity index (χ1n) is 51.7. The minimum atomic E-state index is 0.00243. The van der Waals surface area contributed by atoms with E-state index < -0.39 is 0 Å². The number of aryl methyl sites for hydroxylation is 7. The third-order valence-electron chi connectivity index (χ3n) is 33.6. The summed E-state index contributed by atoms with van der Waals surface area (Å²) in [6.45, 7) is 15.9. The number of anilines is 15. The van der Waals surface area contributed by atoms with Crippen LogP contribution in [-0.4, -0.2) is 41.1 Å². The summed E-state index contributed by atoms with van der Waals surface area (Å²) in [5.74, 6) is 0. The van der Waals surface area contributed by atoms with Gasteiger partial charge in [0.1, 0.15) is 0 Å². The summed E-state index contributed by atoms with van der Waals surface area (Å²) in [6, 6.07) is 165. The van der Waals surface area contributed by atoms with Gasteiger partial charge in [0.05, 0.1) is 0 Å². The molecule has 12 heterocycles. The molecule has 0 bridgehead atoms. The number of benzene rings is 21. The molecule has 0 unspecified atom stereocenters. The Morgan fingerprint density at radius 3 is 0.705 bits per heavy atom. The smallest absolute Gasteiger partial charge is 0.329 e. The molecule has 0 spiro atoms. The topological polar surface area (TPSA) is 22.7 Å². The van der Waals surface area contributed by atoms with Crippen molar-refractivity contribution < 1.29 is 0 Å². The van der Waals surface area contributed by atoms with Crippen molar-refractivity contribution in [2.45, 2.75) is 48.5 Å². The van der Waals surface area contributed by atoms with Crippen molar-refractivity contribution >= 4 is 192 Å². The lowest BCUT2D eigenvalue weighted by atomic mass is 9.38. The number of rotatable bonds is 4. The molecule has 21 aromatic carbocycles. The Morgan fingerprint density at radius 2 is 0.363 bits per heavy atom. The van der Waals surface area contributed by atoms with E-state index in [0.717, 1.165) is 17.1 Å². The van der Waals surface area contributed by atoms with Gasteiger partial charge in [0.25, 0.3) is 0 Å². The average molecular weight is 1850 g/mol. The van der Waals surface area contributed by atoms with Gasteiger partial charge in [-0.25, -0.2) is 0 Å². The van der Waals surface area contributed by atoms with E-state index >= 15 is 0 Å². The molecule has 0 aromatic heterocycles. The second-order valence-electron chi connectivity index (χ2n) is 42.0. The standard InChI is InChI=1S/C51H37B2N3.C43H28B2N2.C39H28B2N2/c1-32-20-24-42-38(28-32)40-29-33(2)21-26-46(40)55-48-18-11-17-45-51(48)50-44(52(42)55)16-10-19-49(50)56-47-27-22-34(3)30-41(47)39-31-37(23-25-43(39)53(45)56)54(35-12-6-4-7-13-35)36-14-8-5-9-15-36;1-27-21-23-34-32(25-27)30-13-5-7-17-38(30)46-40-19-10-16-37-43(40)42-36(44(34)46)15-9-20-41(42)47-39-18-8-6-14-31(39)33-26-29(22-24-35(33)45(37)47)28-11-3-2-4-12-28;1-23-14-17-31-27(20-23)29-22-25(3)16-19-35(29)43-37-13-6-10-32-38(37)39-33(41(31)43)11-7-12-36(39)42-34-18-15-24(2)21-28(34)26-8-4-5-9-30(26)40(32)42/h4-31H,1-3H3;2-26H,1H3;4-22H,1-3H3. The van der Waals surface area contributed by atoms with Crippen LogP contribution >= 0.6 is 0 Å². The minimum Gasteiger partial charge on any atom is -0.376 e. The molecule has 0 amide bonds. The first-order valence-corrected chi connectivity index (χ1v) is 51.7. The van der Waals surface area contributed by atoms with E-state index in [9.17, 15) is 0 Å². The lowest BCUT2D eigenvalue weighted by Crippen LogP contribution is -2.65. The van der Waals surface area contributed by atoms with Crippen molar-refractivity contribution in [2.75, 3.05) is 33.8 Å². The van der Waals surface area contributed by atoms with Gasteiger partial charge in [-0.3, -0.25) is 0 Å². The van der Waals surface area contributed by atoms with Crippen molar-refractivity contribution in [3.05, 3.63) is 476 Å². The second-order valence-corrected chi connectivity index (χ2v) is 42.0. The Balaban J connectivity index is 0.000000100. The maximum atomic E-state index is 2.65. The molecule has 146 heavy (non-hydrogen) atoms. The molecule has 0 aliphatic carbocycles. The fourth-order valence-electron chi connectivity index (χ4n) is 27.8. The summed E-state index contributed by atoms with van der Waals surface area (Å²) in [5.41, 5.74) is 70.9. The maximum Gasteiger partial charge on any atom is 0.329 e. The SMILES string of the molecule is Cc1ccc2c(c1)-c1cc(C)ccc1N1B2c2cccc3c2-c2c(cccc21)B1c2ccc(N(c4ccccc4)c4ccccc4)cc2-c2cc(C)ccc2N13.Cc1ccc2c(c1)-c1cc(C)ccc1N1B2c2cccc3c2-c2c(cccc21)B1c2ccccc2-c2cc(C)ccc2N13.Cc1ccc2c(c1)-c1ccccc1N1B2c2cccc3c2-c2c(cccc21)B1c2ccc(-c4ccccc4)cc2-c2ccccc2N13. The molecule has 0 atom stereocenters. The molecular weight excluding hydrogens is 1760 g/mol. The van der Waals surface area contributed by atoms with E-state index in [1.807, 2.05) is 0 Å². The van der Waals surface area contributed by atoms with Gasteiger partial charge in [0.15, 0.2) is 0 Å². The minimum absolute atomic E-state index is 0.00243. The third-order valence-corrected chi connectivity index (χ3v) is 33.6. The zero-order valence-electron chi connectivity index (χ0n) is 82.2. The Kier molecular flexibility index (Phi) is 17.9. The van der Waals surface area contributed by atoms with Crippen molar-refractivity contribution in [1.82, 2.24) is 0 Å². The van der Waals surface area contributed by atoms with Gasteiger partial charge in [-0.05, 0) is 298 Å². The summed E-state index contributed by atoms with van der Waals surface area (Å²) >= 11 is 0. The molecule has 7 nitrogen and oxygen atoms in total. The molecule has 12 aliphatic rings. The molecule has 0 N–H and O–H groups in total. The summed E-state index contributed by atoms with van der Waals surface area (Å²) in [5, 5.41) is 0. The highest BCUT2D eigenvalue weighted by Gasteiger charge is 2.55. The largest absolute Gasteiger partial charge is 0.376 e. The van der Waals surface area contributed by atoms with Crippen molar-refractivity contribution in [2.24, 2.45) is 0 Å².